The minimum atomic E-state index is -0.366. The van der Waals surface area contributed by atoms with E-state index >= 15 is 0 Å². The van der Waals surface area contributed by atoms with Crippen LogP contribution in [0.5, 0.6) is 0 Å². The van der Waals surface area contributed by atoms with Gasteiger partial charge in [0.2, 0.25) is 0 Å². The number of hydrogen-bond acceptors (Lipinski definition) is 4. The summed E-state index contributed by atoms with van der Waals surface area (Å²) in [6, 6.07) is 10.9. The first-order chi connectivity index (χ1) is 8.66. The molecule has 0 saturated carbocycles. The van der Waals surface area contributed by atoms with Gasteiger partial charge in [-0.05, 0) is 23.9 Å². The van der Waals surface area contributed by atoms with Crippen molar-refractivity contribution in [2.24, 2.45) is 0 Å². The molecule has 0 amide bonds. The molecule has 18 heavy (non-hydrogen) atoms. The third kappa shape index (κ3) is 3.15. The number of nitro groups is 1. The van der Waals surface area contributed by atoms with Gasteiger partial charge in [-0.25, -0.2) is 0 Å². The van der Waals surface area contributed by atoms with Crippen LogP contribution in [0.4, 0.5) is 5.69 Å². The van der Waals surface area contributed by atoms with Crippen molar-refractivity contribution in [2.75, 3.05) is 0 Å². The highest BCUT2D eigenvalue weighted by atomic mass is 32.1. The van der Waals surface area contributed by atoms with Gasteiger partial charge in [0.1, 0.15) is 0 Å². The van der Waals surface area contributed by atoms with E-state index in [1.807, 2.05) is 24.4 Å². The van der Waals surface area contributed by atoms with E-state index in [0.717, 1.165) is 12.1 Å². The zero-order valence-corrected chi connectivity index (χ0v) is 10.8. The van der Waals surface area contributed by atoms with Crippen LogP contribution in [0.2, 0.25) is 0 Å². The number of rotatable bonds is 5. The SMILES string of the molecule is CC(NCc1cccs1)c1cccc([N+](=O)[O-])c1. The third-order valence-corrected chi connectivity index (χ3v) is 3.62. The van der Waals surface area contributed by atoms with Gasteiger partial charge in [0.25, 0.3) is 5.69 Å². The summed E-state index contributed by atoms with van der Waals surface area (Å²) >= 11 is 1.70. The van der Waals surface area contributed by atoms with Gasteiger partial charge in [-0.2, -0.15) is 0 Å². The van der Waals surface area contributed by atoms with Gasteiger partial charge in [-0.1, -0.05) is 18.2 Å². The van der Waals surface area contributed by atoms with E-state index in [9.17, 15) is 10.1 Å². The average molecular weight is 262 g/mol. The molecule has 1 aromatic heterocycles. The van der Waals surface area contributed by atoms with Crippen molar-refractivity contribution < 1.29 is 4.92 Å². The number of benzene rings is 1. The number of nitro benzene ring substituents is 1. The first kappa shape index (κ1) is 12.7. The van der Waals surface area contributed by atoms with Gasteiger partial charge in [-0.3, -0.25) is 10.1 Å². The highest BCUT2D eigenvalue weighted by molar-refractivity contribution is 7.09. The molecule has 2 aromatic rings. The molecule has 1 atom stereocenters. The number of hydrogen-bond donors (Lipinski definition) is 1. The molecule has 0 saturated heterocycles. The van der Waals surface area contributed by atoms with E-state index in [-0.39, 0.29) is 16.7 Å². The monoisotopic (exact) mass is 262 g/mol. The lowest BCUT2D eigenvalue weighted by Gasteiger charge is -2.13. The molecule has 0 aliphatic carbocycles. The molecule has 0 aliphatic rings. The zero-order chi connectivity index (χ0) is 13.0. The maximum atomic E-state index is 10.7. The summed E-state index contributed by atoms with van der Waals surface area (Å²) in [5.41, 5.74) is 1.07. The second kappa shape index (κ2) is 5.75. The second-order valence-electron chi connectivity index (χ2n) is 4.03. The maximum absolute atomic E-state index is 10.7. The molecule has 4 nitrogen and oxygen atoms in total. The van der Waals surface area contributed by atoms with E-state index in [0.29, 0.717) is 0 Å². The molecular weight excluding hydrogens is 248 g/mol. The molecule has 5 heteroatoms. The quantitative estimate of drug-likeness (QED) is 0.662. The van der Waals surface area contributed by atoms with Crippen molar-refractivity contribution in [1.29, 1.82) is 0 Å². The van der Waals surface area contributed by atoms with E-state index in [1.54, 1.807) is 23.5 Å². The average Bonchev–Trinajstić information content (AvgIpc) is 2.89. The fourth-order valence-corrected chi connectivity index (χ4v) is 2.35. The smallest absolute Gasteiger partial charge is 0.269 e. The number of thiophene rings is 1. The van der Waals surface area contributed by atoms with Crippen molar-refractivity contribution in [1.82, 2.24) is 5.32 Å². The van der Waals surface area contributed by atoms with Crippen molar-refractivity contribution in [3.05, 3.63) is 62.3 Å². The van der Waals surface area contributed by atoms with Gasteiger partial charge < -0.3 is 5.32 Å². The number of non-ortho nitro benzene ring substituents is 1. The molecule has 0 bridgehead atoms. The summed E-state index contributed by atoms with van der Waals surface area (Å²) in [6.07, 6.45) is 0. The minimum Gasteiger partial charge on any atom is -0.305 e. The number of nitrogens with zero attached hydrogens (tertiary/aromatic N) is 1. The minimum absolute atomic E-state index is 0.0898. The first-order valence-electron chi connectivity index (χ1n) is 5.67. The molecule has 1 aromatic carbocycles. The molecule has 1 heterocycles. The lowest BCUT2D eigenvalue weighted by atomic mass is 10.1. The summed E-state index contributed by atoms with van der Waals surface area (Å²) < 4.78 is 0. The van der Waals surface area contributed by atoms with Crippen molar-refractivity contribution in [3.63, 3.8) is 0 Å². The van der Waals surface area contributed by atoms with Crippen LogP contribution in [0, 0.1) is 10.1 Å². The zero-order valence-electron chi connectivity index (χ0n) is 10.00. The normalized spacial score (nSPS) is 12.3. The summed E-state index contributed by atoms with van der Waals surface area (Å²) in [7, 11) is 0. The fourth-order valence-electron chi connectivity index (χ4n) is 1.69. The van der Waals surface area contributed by atoms with Crippen molar-refractivity contribution in [2.45, 2.75) is 19.5 Å². The van der Waals surface area contributed by atoms with Gasteiger partial charge in [0.05, 0.1) is 4.92 Å². The van der Waals surface area contributed by atoms with Crippen LogP contribution in [0.15, 0.2) is 41.8 Å². The predicted octanol–water partition coefficient (Wildman–Crippen LogP) is 3.51. The Balaban J connectivity index is 2.02. The molecule has 0 fully saturated rings. The Morgan fingerprint density at radius 2 is 2.22 bits per heavy atom. The lowest BCUT2D eigenvalue weighted by Crippen LogP contribution is -2.17. The molecular formula is C13H14N2O2S. The van der Waals surface area contributed by atoms with Crippen LogP contribution in [0.1, 0.15) is 23.4 Å². The lowest BCUT2D eigenvalue weighted by molar-refractivity contribution is -0.384. The van der Waals surface area contributed by atoms with Crippen LogP contribution in [-0.2, 0) is 6.54 Å². The fraction of sp³-hybridized carbons (Fsp3) is 0.231. The Kier molecular flexibility index (Phi) is 4.07. The van der Waals surface area contributed by atoms with Gasteiger partial charge >= 0.3 is 0 Å². The first-order valence-corrected chi connectivity index (χ1v) is 6.55. The highest BCUT2D eigenvalue weighted by Gasteiger charge is 2.10. The molecule has 0 spiro atoms. The molecule has 94 valence electrons. The maximum Gasteiger partial charge on any atom is 0.269 e. The summed E-state index contributed by atoms with van der Waals surface area (Å²) in [5, 5.41) is 16.1. The molecule has 0 aliphatic heterocycles. The van der Waals surface area contributed by atoms with E-state index in [2.05, 4.69) is 11.4 Å². The Bertz CT molecular complexity index is 526. The predicted molar refractivity (Wildman–Crippen MR) is 72.7 cm³/mol. The molecule has 1 unspecified atom stereocenters. The van der Waals surface area contributed by atoms with Crippen LogP contribution in [-0.4, -0.2) is 4.92 Å². The van der Waals surface area contributed by atoms with Gasteiger partial charge in [0.15, 0.2) is 0 Å². The summed E-state index contributed by atoms with van der Waals surface area (Å²) in [5.74, 6) is 0. The summed E-state index contributed by atoms with van der Waals surface area (Å²) in [6.45, 7) is 2.79. The van der Waals surface area contributed by atoms with Crippen molar-refractivity contribution >= 4 is 17.0 Å². The van der Waals surface area contributed by atoms with Crippen LogP contribution < -0.4 is 5.32 Å². The Morgan fingerprint density at radius 1 is 1.39 bits per heavy atom. The largest absolute Gasteiger partial charge is 0.305 e. The third-order valence-electron chi connectivity index (χ3n) is 2.74. The molecule has 1 N–H and O–H groups in total. The Hall–Kier alpha value is -1.72. The second-order valence-corrected chi connectivity index (χ2v) is 5.07. The Morgan fingerprint density at radius 3 is 2.89 bits per heavy atom. The summed E-state index contributed by atoms with van der Waals surface area (Å²) in [4.78, 5) is 11.6. The highest BCUT2D eigenvalue weighted by Crippen LogP contribution is 2.19. The van der Waals surface area contributed by atoms with Gasteiger partial charge in [0, 0.05) is 29.6 Å². The Labute approximate surface area is 109 Å². The van der Waals surface area contributed by atoms with E-state index < -0.39 is 0 Å². The van der Waals surface area contributed by atoms with E-state index in [4.69, 9.17) is 0 Å². The van der Waals surface area contributed by atoms with Crippen LogP contribution in [0.3, 0.4) is 0 Å². The van der Waals surface area contributed by atoms with Gasteiger partial charge in [-0.15, -0.1) is 11.3 Å². The van der Waals surface area contributed by atoms with Crippen LogP contribution >= 0.6 is 11.3 Å². The molecule has 2 rings (SSSR count). The molecule has 0 radical (unpaired) electrons. The number of nitrogens with one attached hydrogen (secondary N) is 1. The van der Waals surface area contributed by atoms with Crippen LogP contribution in [0.25, 0.3) is 0 Å². The van der Waals surface area contributed by atoms with E-state index in [1.165, 1.54) is 10.9 Å². The topological polar surface area (TPSA) is 55.2 Å². The standard InChI is InChI=1S/C13H14N2O2S/c1-10(14-9-13-6-3-7-18-13)11-4-2-5-12(8-11)15(16)17/h2-8,10,14H,9H2,1H3. The van der Waals surface area contributed by atoms with Crippen molar-refractivity contribution in [3.8, 4) is 0 Å².